The highest BCUT2D eigenvalue weighted by molar-refractivity contribution is 4.68. The van der Waals surface area contributed by atoms with Gasteiger partial charge in [-0.2, -0.15) is 0 Å². The van der Waals surface area contributed by atoms with Crippen LogP contribution in [0.2, 0.25) is 0 Å². The summed E-state index contributed by atoms with van der Waals surface area (Å²) >= 11 is 0. The van der Waals surface area contributed by atoms with Gasteiger partial charge in [0.15, 0.2) is 0 Å². The molecule has 1 fully saturated rings. The van der Waals surface area contributed by atoms with Gasteiger partial charge in [0, 0.05) is 0 Å². The molecule has 1 aliphatic heterocycles. The summed E-state index contributed by atoms with van der Waals surface area (Å²) < 4.78 is 5.16. The van der Waals surface area contributed by atoms with E-state index in [0.29, 0.717) is 6.10 Å². The van der Waals surface area contributed by atoms with Crippen molar-refractivity contribution in [1.82, 2.24) is 0 Å². The lowest BCUT2D eigenvalue weighted by Gasteiger charge is -1.99. The van der Waals surface area contributed by atoms with Crippen LogP contribution in [0.4, 0.5) is 0 Å². The topological polar surface area (TPSA) is 12.5 Å². The molecule has 0 radical (unpaired) electrons. The average molecular weight is 182 g/mol. The summed E-state index contributed by atoms with van der Waals surface area (Å²) in [7, 11) is 0. The van der Waals surface area contributed by atoms with Crippen molar-refractivity contribution in [3.63, 3.8) is 0 Å². The zero-order valence-electron chi connectivity index (χ0n) is 8.63. The molecule has 76 valence electrons. The highest BCUT2D eigenvalue weighted by Gasteiger charge is 2.20. The lowest BCUT2D eigenvalue weighted by Crippen LogP contribution is -1.85. The summed E-state index contributed by atoms with van der Waals surface area (Å²) in [5.74, 6) is 0. The molecule has 0 unspecified atom stereocenters. The largest absolute Gasteiger partial charge is 0.373 e. The van der Waals surface area contributed by atoms with Crippen molar-refractivity contribution in [1.29, 1.82) is 0 Å². The molecule has 0 spiro atoms. The minimum absolute atomic E-state index is 0.640. The van der Waals surface area contributed by atoms with Crippen molar-refractivity contribution < 1.29 is 4.74 Å². The quantitative estimate of drug-likeness (QED) is 0.301. The summed E-state index contributed by atoms with van der Waals surface area (Å²) in [6.07, 6.45) is 13.4. The highest BCUT2D eigenvalue weighted by atomic mass is 16.6. The van der Waals surface area contributed by atoms with Crippen LogP contribution in [0, 0.1) is 0 Å². The van der Waals surface area contributed by atoms with Gasteiger partial charge in [-0.15, -0.1) is 6.58 Å². The summed E-state index contributed by atoms with van der Waals surface area (Å²) in [6, 6.07) is 0. The maximum absolute atomic E-state index is 5.16. The summed E-state index contributed by atoms with van der Waals surface area (Å²) in [6.45, 7) is 4.75. The Balaban J connectivity index is 1.65. The van der Waals surface area contributed by atoms with Crippen LogP contribution in [0.15, 0.2) is 12.7 Å². The average Bonchev–Trinajstić information content (AvgIpc) is 2.93. The first-order chi connectivity index (χ1) is 6.43. The Morgan fingerprint density at radius 3 is 2.31 bits per heavy atom. The van der Waals surface area contributed by atoms with Crippen LogP contribution in [-0.2, 0) is 4.74 Å². The Labute approximate surface area is 82.2 Å². The van der Waals surface area contributed by atoms with Gasteiger partial charge in [0.1, 0.15) is 0 Å². The fourth-order valence-corrected chi connectivity index (χ4v) is 1.60. The standard InChI is InChI=1S/C12H22O/c1-2-3-4-5-6-7-8-9-10-12-11-13-12/h2,12H,1,3-11H2/t12-/m1/s1. The van der Waals surface area contributed by atoms with Crippen LogP contribution in [0.25, 0.3) is 0 Å². The molecular formula is C12H22O. The van der Waals surface area contributed by atoms with E-state index in [1.54, 1.807) is 0 Å². The lowest BCUT2D eigenvalue weighted by atomic mass is 10.1. The predicted molar refractivity (Wildman–Crippen MR) is 56.9 cm³/mol. The van der Waals surface area contributed by atoms with Gasteiger partial charge in [-0.05, 0) is 19.3 Å². The van der Waals surface area contributed by atoms with Crippen LogP contribution in [0.1, 0.15) is 51.4 Å². The van der Waals surface area contributed by atoms with Gasteiger partial charge < -0.3 is 4.74 Å². The Hall–Kier alpha value is -0.300. The maximum atomic E-state index is 5.16. The van der Waals surface area contributed by atoms with Crippen molar-refractivity contribution in [3.05, 3.63) is 12.7 Å². The van der Waals surface area contributed by atoms with Gasteiger partial charge in [-0.1, -0.05) is 38.2 Å². The fraction of sp³-hybridized carbons (Fsp3) is 0.833. The van der Waals surface area contributed by atoms with Gasteiger partial charge >= 0.3 is 0 Å². The van der Waals surface area contributed by atoms with Crippen LogP contribution in [-0.4, -0.2) is 12.7 Å². The fourth-order valence-electron chi connectivity index (χ4n) is 1.60. The van der Waals surface area contributed by atoms with E-state index in [0.717, 1.165) is 6.61 Å². The molecule has 0 amide bonds. The van der Waals surface area contributed by atoms with Crippen LogP contribution >= 0.6 is 0 Å². The molecular weight excluding hydrogens is 160 g/mol. The number of hydrogen-bond donors (Lipinski definition) is 0. The summed E-state index contributed by atoms with van der Waals surface area (Å²) in [4.78, 5) is 0. The first-order valence-electron chi connectivity index (χ1n) is 5.66. The van der Waals surface area contributed by atoms with E-state index in [9.17, 15) is 0 Å². The molecule has 1 atom stereocenters. The zero-order chi connectivity index (χ0) is 9.36. The highest BCUT2D eigenvalue weighted by Crippen LogP contribution is 2.18. The van der Waals surface area contributed by atoms with E-state index >= 15 is 0 Å². The number of allylic oxidation sites excluding steroid dienone is 1. The molecule has 0 aromatic heterocycles. The minimum Gasteiger partial charge on any atom is -0.373 e. The second-order valence-corrected chi connectivity index (χ2v) is 3.94. The SMILES string of the molecule is C=CCCCCCCCC[C@@H]1CO1. The normalized spacial score (nSPS) is 20.2. The van der Waals surface area contributed by atoms with E-state index in [-0.39, 0.29) is 0 Å². The molecule has 0 aliphatic carbocycles. The number of hydrogen-bond acceptors (Lipinski definition) is 1. The molecule has 0 N–H and O–H groups in total. The van der Waals surface area contributed by atoms with Crippen LogP contribution in [0.5, 0.6) is 0 Å². The Kier molecular flexibility index (Phi) is 5.92. The van der Waals surface area contributed by atoms with E-state index in [1.807, 2.05) is 6.08 Å². The number of rotatable bonds is 9. The van der Waals surface area contributed by atoms with Gasteiger partial charge in [0.2, 0.25) is 0 Å². The molecule has 0 bridgehead atoms. The second kappa shape index (κ2) is 7.14. The molecule has 0 saturated carbocycles. The van der Waals surface area contributed by atoms with Crippen molar-refractivity contribution in [3.8, 4) is 0 Å². The van der Waals surface area contributed by atoms with Crippen LogP contribution in [0.3, 0.4) is 0 Å². The third kappa shape index (κ3) is 6.83. The molecule has 1 nitrogen and oxygen atoms in total. The van der Waals surface area contributed by atoms with E-state index in [4.69, 9.17) is 4.74 Å². The third-order valence-electron chi connectivity index (χ3n) is 2.59. The Morgan fingerprint density at radius 1 is 1.08 bits per heavy atom. The molecule has 1 saturated heterocycles. The zero-order valence-corrected chi connectivity index (χ0v) is 8.63. The van der Waals surface area contributed by atoms with Gasteiger partial charge in [0.05, 0.1) is 12.7 Å². The van der Waals surface area contributed by atoms with Crippen LogP contribution < -0.4 is 0 Å². The van der Waals surface area contributed by atoms with Crippen molar-refractivity contribution in [2.24, 2.45) is 0 Å². The molecule has 0 aromatic rings. The maximum Gasteiger partial charge on any atom is 0.0810 e. The van der Waals surface area contributed by atoms with Crippen molar-refractivity contribution >= 4 is 0 Å². The third-order valence-corrected chi connectivity index (χ3v) is 2.59. The predicted octanol–water partition coefficient (Wildman–Crippen LogP) is 3.69. The Bertz CT molecular complexity index is 127. The minimum atomic E-state index is 0.640. The second-order valence-electron chi connectivity index (χ2n) is 3.94. The van der Waals surface area contributed by atoms with Crippen molar-refractivity contribution in [2.75, 3.05) is 6.61 Å². The first-order valence-corrected chi connectivity index (χ1v) is 5.66. The van der Waals surface area contributed by atoms with E-state index in [1.165, 1.54) is 51.4 Å². The number of unbranched alkanes of at least 4 members (excludes halogenated alkanes) is 6. The summed E-state index contributed by atoms with van der Waals surface area (Å²) in [5.41, 5.74) is 0. The smallest absolute Gasteiger partial charge is 0.0810 e. The van der Waals surface area contributed by atoms with Crippen molar-refractivity contribution in [2.45, 2.75) is 57.5 Å². The van der Waals surface area contributed by atoms with Gasteiger partial charge in [-0.3, -0.25) is 0 Å². The molecule has 13 heavy (non-hydrogen) atoms. The molecule has 1 aliphatic rings. The summed E-state index contributed by atoms with van der Waals surface area (Å²) in [5, 5.41) is 0. The van der Waals surface area contributed by atoms with E-state index < -0.39 is 0 Å². The molecule has 1 rings (SSSR count). The van der Waals surface area contributed by atoms with Gasteiger partial charge in [0.25, 0.3) is 0 Å². The first kappa shape index (κ1) is 10.8. The molecule has 0 aromatic carbocycles. The molecule has 1 heterocycles. The lowest BCUT2D eigenvalue weighted by molar-refractivity contribution is 0.387. The number of ether oxygens (including phenoxy) is 1. The monoisotopic (exact) mass is 182 g/mol. The molecule has 1 heteroatoms. The Morgan fingerprint density at radius 2 is 1.69 bits per heavy atom. The number of epoxide rings is 1. The van der Waals surface area contributed by atoms with E-state index in [2.05, 4.69) is 6.58 Å². The van der Waals surface area contributed by atoms with Gasteiger partial charge in [-0.25, -0.2) is 0 Å².